The molecule has 0 spiro atoms. The van der Waals surface area contributed by atoms with E-state index in [2.05, 4.69) is 52.2 Å². The van der Waals surface area contributed by atoms with E-state index in [0.717, 1.165) is 37.0 Å². The van der Waals surface area contributed by atoms with E-state index in [1.165, 1.54) is 44.9 Å². The maximum atomic E-state index is 3.97. The molecule has 144 valence electrons. The summed E-state index contributed by atoms with van der Waals surface area (Å²) < 4.78 is 0. The summed E-state index contributed by atoms with van der Waals surface area (Å²) in [5.41, 5.74) is 2.24. The largest absolute Gasteiger partial charge is 0.312 e. The van der Waals surface area contributed by atoms with Gasteiger partial charge in [-0.25, -0.2) is 0 Å². The van der Waals surface area contributed by atoms with E-state index < -0.39 is 0 Å². The first-order chi connectivity index (χ1) is 11.6. The molecule has 4 aliphatic carbocycles. The highest BCUT2D eigenvalue weighted by atomic mass is 15.0. The molecule has 25 heavy (non-hydrogen) atoms. The van der Waals surface area contributed by atoms with Crippen LogP contribution in [0.3, 0.4) is 0 Å². The van der Waals surface area contributed by atoms with Crippen LogP contribution in [0, 0.1) is 33.5 Å². The second-order valence-electron chi connectivity index (χ2n) is 11.7. The summed E-state index contributed by atoms with van der Waals surface area (Å²) in [7, 11) is 0. The monoisotopic (exact) mass is 346 g/mol. The minimum Gasteiger partial charge on any atom is -0.312 e. The normalized spacial score (nSPS) is 50.3. The van der Waals surface area contributed by atoms with Crippen molar-refractivity contribution in [3.8, 4) is 0 Å². The van der Waals surface area contributed by atoms with Gasteiger partial charge in [0, 0.05) is 25.2 Å². The zero-order valence-corrected chi connectivity index (χ0v) is 17.7. The Kier molecular flexibility index (Phi) is 4.18. The van der Waals surface area contributed by atoms with Crippen LogP contribution >= 0.6 is 0 Å². The first-order valence-electron chi connectivity index (χ1n) is 11.1. The second kappa shape index (κ2) is 5.71. The lowest BCUT2D eigenvalue weighted by Crippen LogP contribution is -2.48. The van der Waals surface area contributed by atoms with E-state index >= 15 is 0 Å². The molecule has 0 heterocycles. The van der Waals surface area contributed by atoms with Crippen molar-refractivity contribution in [2.45, 2.75) is 98.6 Å². The molecular weight excluding hydrogens is 304 g/mol. The maximum absolute atomic E-state index is 3.97. The van der Waals surface area contributed by atoms with E-state index in [1.807, 2.05) is 0 Å². The van der Waals surface area contributed by atoms with Gasteiger partial charge in [-0.15, -0.1) is 0 Å². The summed E-state index contributed by atoms with van der Waals surface area (Å²) in [4.78, 5) is 0. The predicted molar refractivity (Wildman–Crippen MR) is 107 cm³/mol. The number of rotatable bonds is 6. The molecule has 0 aromatic heterocycles. The fourth-order valence-corrected chi connectivity index (χ4v) is 7.69. The molecule has 6 unspecified atom stereocenters. The Balaban J connectivity index is 1.28. The van der Waals surface area contributed by atoms with Crippen LogP contribution in [0.15, 0.2) is 0 Å². The van der Waals surface area contributed by atoms with Crippen molar-refractivity contribution >= 4 is 0 Å². The van der Waals surface area contributed by atoms with Crippen molar-refractivity contribution in [1.82, 2.24) is 10.6 Å². The molecule has 0 saturated heterocycles. The van der Waals surface area contributed by atoms with Crippen LogP contribution in [0.4, 0.5) is 0 Å². The van der Waals surface area contributed by atoms with Gasteiger partial charge in [-0.3, -0.25) is 0 Å². The van der Waals surface area contributed by atoms with Gasteiger partial charge in [-0.2, -0.15) is 0 Å². The highest BCUT2D eigenvalue weighted by Gasteiger charge is 2.61. The van der Waals surface area contributed by atoms with Crippen molar-refractivity contribution < 1.29 is 0 Å². The van der Waals surface area contributed by atoms with Crippen LogP contribution in [0.1, 0.15) is 86.5 Å². The molecule has 0 aliphatic heterocycles. The molecule has 0 radical (unpaired) electrons. The van der Waals surface area contributed by atoms with Crippen LogP contribution in [0.25, 0.3) is 0 Å². The zero-order chi connectivity index (χ0) is 18.1. The first-order valence-corrected chi connectivity index (χ1v) is 11.1. The van der Waals surface area contributed by atoms with Gasteiger partial charge in [-0.05, 0) is 78.4 Å². The summed E-state index contributed by atoms with van der Waals surface area (Å²) in [5, 5.41) is 7.93. The molecule has 2 nitrogen and oxygen atoms in total. The van der Waals surface area contributed by atoms with E-state index in [4.69, 9.17) is 0 Å². The van der Waals surface area contributed by atoms with Gasteiger partial charge in [-0.1, -0.05) is 41.5 Å². The summed E-state index contributed by atoms with van der Waals surface area (Å²) >= 11 is 0. The molecule has 4 rings (SSSR count). The average Bonchev–Trinajstić information content (AvgIpc) is 3.16. The molecule has 4 bridgehead atoms. The standard InChI is InChI=1S/C23H42N2/c1-16(2)23-10-9-21(5,15-23)19(14-23)25-12-11-24-18-13-17-7-8-22(18,6)20(17,3)4/h16-19,24-25H,7-15H2,1-6H3. The van der Waals surface area contributed by atoms with Gasteiger partial charge in [0.15, 0.2) is 0 Å². The third kappa shape index (κ3) is 2.49. The topological polar surface area (TPSA) is 24.1 Å². The van der Waals surface area contributed by atoms with Crippen LogP contribution in [-0.4, -0.2) is 25.2 Å². The van der Waals surface area contributed by atoms with Crippen LogP contribution in [0.5, 0.6) is 0 Å². The summed E-state index contributed by atoms with van der Waals surface area (Å²) in [5.74, 6) is 1.79. The number of fused-ring (bicyclic) bond motifs is 4. The van der Waals surface area contributed by atoms with E-state index in [9.17, 15) is 0 Å². The average molecular weight is 347 g/mol. The van der Waals surface area contributed by atoms with Crippen LogP contribution in [-0.2, 0) is 0 Å². The number of nitrogens with one attached hydrogen (secondary N) is 2. The molecule has 0 amide bonds. The lowest BCUT2D eigenvalue weighted by Gasteiger charge is -2.40. The van der Waals surface area contributed by atoms with Crippen molar-refractivity contribution in [1.29, 1.82) is 0 Å². The highest BCUT2D eigenvalue weighted by Crippen LogP contribution is 2.65. The Hall–Kier alpha value is -0.0800. The van der Waals surface area contributed by atoms with Gasteiger partial charge < -0.3 is 10.6 Å². The molecule has 0 aromatic rings. The third-order valence-electron chi connectivity index (χ3n) is 10.3. The first kappa shape index (κ1) is 18.3. The number of hydrogen-bond donors (Lipinski definition) is 2. The van der Waals surface area contributed by atoms with Gasteiger partial charge in [0.05, 0.1) is 0 Å². The molecule has 0 aromatic carbocycles. The Labute approximate surface area is 156 Å². The Bertz CT molecular complexity index is 526. The molecule has 4 saturated carbocycles. The SMILES string of the molecule is CC(C)C12CCC(C)(C1)C(NCCNC1CC3CCC1(C)C3(C)C)C2. The van der Waals surface area contributed by atoms with E-state index in [-0.39, 0.29) is 0 Å². The summed E-state index contributed by atoms with van der Waals surface area (Å²) in [6.07, 6.45) is 10.1. The van der Waals surface area contributed by atoms with E-state index in [0.29, 0.717) is 21.7 Å². The summed E-state index contributed by atoms with van der Waals surface area (Å²) in [6, 6.07) is 1.48. The Morgan fingerprint density at radius 3 is 2.12 bits per heavy atom. The van der Waals surface area contributed by atoms with E-state index in [1.54, 1.807) is 0 Å². The van der Waals surface area contributed by atoms with Crippen molar-refractivity contribution in [2.24, 2.45) is 33.5 Å². The zero-order valence-electron chi connectivity index (χ0n) is 17.7. The molecule has 6 atom stereocenters. The second-order valence-corrected chi connectivity index (χ2v) is 11.7. The smallest absolute Gasteiger partial charge is 0.0129 e. The van der Waals surface area contributed by atoms with Crippen LogP contribution in [0.2, 0.25) is 0 Å². The minimum atomic E-state index is 0.512. The van der Waals surface area contributed by atoms with Gasteiger partial charge >= 0.3 is 0 Å². The van der Waals surface area contributed by atoms with Gasteiger partial charge in [0.25, 0.3) is 0 Å². The predicted octanol–water partition coefficient (Wildman–Crippen LogP) is 4.99. The molecule has 4 fully saturated rings. The lowest BCUT2D eigenvalue weighted by atomic mass is 9.69. The molecule has 4 aliphatic rings. The molecule has 2 heteroatoms. The van der Waals surface area contributed by atoms with Crippen LogP contribution < -0.4 is 10.6 Å². The van der Waals surface area contributed by atoms with Crippen molar-refractivity contribution in [2.75, 3.05) is 13.1 Å². The number of hydrogen-bond acceptors (Lipinski definition) is 2. The molecular formula is C23H42N2. The van der Waals surface area contributed by atoms with Gasteiger partial charge in [0.2, 0.25) is 0 Å². The fourth-order valence-electron chi connectivity index (χ4n) is 7.69. The summed E-state index contributed by atoms with van der Waals surface area (Å²) in [6.45, 7) is 17.3. The maximum Gasteiger partial charge on any atom is 0.0129 e. The minimum absolute atomic E-state index is 0.512. The van der Waals surface area contributed by atoms with Crippen molar-refractivity contribution in [3.63, 3.8) is 0 Å². The quantitative estimate of drug-likeness (QED) is 0.662. The highest BCUT2D eigenvalue weighted by molar-refractivity contribution is 5.13. The van der Waals surface area contributed by atoms with Crippen molar-refractivity contribution in [3.05, 3.63) is 0 Å². The van der Waals surface area contributed by atoms with Gasteiger partial charge in [0.1, 0.15) is 0 Å². The third-order valence-corrected chi connectivity index (χ3v) is 10.3. The lowest BCUT2D eigenvalue weighted by molar-refractivity contribution is 0.120. The Morgan fingerprint density at radius 2 is 1.60 bits per heavy atom. The molecule has 2 N–H and O–H groups in total. The Morgan fingerprint density at radius 1 is 0.920 bits per heavy atom. The fraction of sp³-hybridized carbons (Fsp3) is 1.00.